The van der Waals surface area contributed by atoms with Crippen LogP contribution in [0.25, 0.3) is 0 Å². The third kappa shape index (κ3) is 4.96. The number of carbonyl (C=O) groups is 2. The maximum atomic E-state index is 12.1. The molecular weight excluding hydrogens is 308 g/mol. The van der Waals surface area contributed by atoms with E-state index in [4.69, 9.17) is 9.47 Å². The number of methoxy groups -OCH3 is 1. The molecule has 1 aromatic rings. The smallest absolute Gasteiger partial charge is 0.410 e. The van der Waals surface area contributed by atoms with Crippen LogP contribution in [0.4, 0.5) is 4.79 Å². The van der Waals surface area contributed by atoms with Crippen molar-refractivity contribution in [1.82, 2.24) is 10.2 Å². The van der Waals surface area contributed by atoms with Crippen LogP contribution in [0.3, 0.4) is 0 Å². The first-order chi connectivity index (χ1) is 11.3. The van der Waals surface area contributed by atoms with Gasteiger partial charge in [0, 0.05) is 19.1 Å². The summed E-state index contributed by atoms with van der Waals surface area (Å²) in [6, 6.07) is 8.91. The van der Waals surface area contributed by atoms with Gasteiger partial charge in [0.2, 0.25) is 0 Å². The molecule has 6 heteroatoms. The fourth-order valence-corrected chi connectivity index (χ4v) is 2.69. The number of rotatable bonds is 4. The maximum absolute atomic E-state index is 12.1. The standard InChI is InChI=1S/C18H26N2O4/c1-18(2,3)24-17(22)20-11-10-14(12-20)19-15(16(21)23-4)13-8-6-5-7-9-13/h5-9,14-15,19H,10-12H2,1-4H3. The summed E-state index contributed by atoms with van der Waals surface area (Å²) < 4.78 is 10.3. The van der Waals surface area contributed by atoms with Crippen LogP contribution < -0.4 is 5.32 Å². The van der Waals surface area contributed by atoms with Crippen LogP contribution >= 0.6 is 0 Å². The Labute approximate surface area is 143 Å². The summed E-state index contributed by atoms with van der Waals surface area (Å²) in [6.07, 6.45) is 0.445. The Morgan fingerprint density at radius 1 is 1.25 bits per heavy atom. The Balaban J connectivity index is 1.99. The second kappa shape index (κ2) is 7.66. The average Bonchev–Trinajstić information content (AvgIpc) is 3.00. The number of ether oxygens (including phenoxy) is 2. The number of benzene rings is 1. The normalized spacial score (nSPS) is 19.0. The molecule has 1 amide bonds. The highest BCUT2D eigenvalue weighted by atomic mass is 16.6. The fraction of sp³-hybridized carbons (Fsp3) is 0.556. The second-order valence-corrected chi connectivity index (χ2v) is 6.95. The molecular formula is C18H26N2O4. The SMILES string of the molecule is COC(=O)C(NC1CCN(C(=O)OC(C)(C)C)C1)c1ccccc1. The molecule has 24 heavy (non-hydrogen) atoms. The van der Waals surface area contributed by atoms with Crippen LogP contribution in [0, 0.1) is 0 Å². The molecule has 1 saturated heterocycles. The van der Waals surface area contributed by atoms with Crippen molar-refractivity contribution in [3.05, 3.63) is 35.9 Å². The summed E-state index contributed by atoms with van der Waals surface area (Å²) in [4.78, 5) is 25.9. The molecule has 132 valence electrons. The van der Waals surface area contributed by atoms with E-state index in [2.05, 4.69) is 5.32 Å². The first kappa shape index (κ1) is 18.3. The van der Waals surface area contributed by atoms with Gasteiger partial charge < -0.3 is 14.4 Å². The van der Waals surface area contributed by atoms with Gasteiger partial charge in [-0.15, -0.1) is 0 Å². The average molecular weight is 334 g/mol. The van der Waals surface area contributed by atoms with Crippen molar-refractivity contribution < 1.29 is 19.1 Å². The number of nitrogens with zero attached hydrogens (tertiary/aromatic N) is 1. The molecule has 0 saturated carbocycles. The Morgan fingerprint density at radius 2 is 1.92 bits per heavy atom. The van der Waals surface area contributed by atoms with Gasteiger partial charge in [-0.3, -0.25) is 5.32 Å². The molecule has 1 aliphatic rings. The van der Waals surface area contributed by atoms with Crippen LogP contribution in [0.5, 0.6) is 0 Å². The predicted octanol–water partition coefficient (Wildman–Crippen LogP) is 2.50. The van der Waals surface area contributed by atoms with E-state index in [1.807, 2.05) is 51.1 Å². The van der Waals surface area contributed by atoms with Crippen molar-refractivity contribution in [3.63, 3.8) is 0 Å². The summed E-state index contributed by atoms with van der Waals surface area (Å²) in [6.45, 7) is 6.66. The number of likely N-dealkylation sites (tertiary alicyclic amines) is 1. The summed E-state index contributed by atoms with van der Waals surface area (Å²) in [7, 11) is 1.38. The Bertz CT molecular complexity index is 568. The minimum atomic E-state index is -0.542. The number of nitrogens with one attached hydrogen (secondary N) is 1. The number of amides is 1. The number of hydrogen-bond donors (Lipinski definition) is 1. The quantitative estimate of drug-likeness (QED) is 0.857. The topological polar surface area (TPSA) is 67.9 Å². The van der Waals surface area contributed by atoms with Crippen molar-refractivity contribution in [3.8, 4) is 0 Å². The van der Waals surface area contributed by atoms with Crippen molar-refractivity contribution in [1.29, 1.82) is 0 Å². The molecule has 2 unspecified atom stereocenters. The zero-order valence-electron chi connectivity index (χ0n) is 14.7. The molecule has 1 aliphatic heterocycles. The van der Waals surface area contributed by atoms with Crippen molar-refractivity contribution in [2.24, 2.45) is 0 Å². The van der Waals surface area contributed by atoms with Crippen molar-refractivity contribution in [2.75, 3.05) is 20.2 Å². The highest BCUT2D eigenvalue weighted by Crippen LogP contribution is 2.20. The summed E-state index contributed by atoms with van der Waals surface area (Å²) >= 11 is 0. The van der Waals surface area contributed by atoms with Crippen LogP contribution in [0.1, 0.15) is 38.8 Å². The van der Waals surface area contributed by atoms with E-state index in [0.29, 0.717) is 13.1 Å². The number of esters is 1. The minimum absolute atomic E-state index is 0.0156. The van der Waals surface area contributed by atoms with Crippen LogP contribution in [0.15, 0.2) is 30.3 Å². The molecule has 1 heterocycles. The highest BCUT2D eigenvalue weighted by Gasteiger charge is 2.33. The summed E-state index contributed by atoms with van der Waals surface area (Å²) in [5, 5.41) is 3.31. The molecule has 2 atom stereocenters. The summed E-state index contributed by atoms with van der Waals surface area (Å²) in [5.74, 6) is -0.336. The third-order valence-electron chi connectivity index (χ3n) is 3.81. The number of carbonyl (C=O) groups excluding carboxylic acids is 2. The van der Waals surface area contributed by atoms with Gasteiger partial charge in [-0.25, -0.2) is 9.59 Å². The van der Waals surface area contributed by atoms with Crippen LogP contribution in [0.2, 0.25) is 0 Å². The van der Waals surface area contributed by atoms with E-state index in [1.54, 1.807) is 4.90 Å². The lowest BCUT2D eigenvalue weighted by molar-refractivity contribution is -0.143. The van der Waals surface area contributed by atoms with Crippen LogP contribution in [-0.4, -0.2) is 48.8 Å². The van der Waals surface area contributed by atoms with Gasteiger partial charge in [0.25, 0.3) is 0 Å². The van der Waals surface area contributed by atoms with E-state index in [0.717, 1.165) is 12.0 Å². The van der Waals surface area contributed by atoms with Crippen molar-refractivity contribution in [2.45, 2.75) is 44.9 Å². The third-order valence-corrected chi connectivity index (χ3v) is 3.81. The van der Waals surface area contributed by atoms with Crippen molar-refractivity contribution >= 4 is 12.1 Å². The zero-order chi connectivity index (χ0) is 17.7. The lowest BCUT2D eigenvalue weighted by Gasteiger charge is -2.25. The first-order valence-corrected chi connectivity index (χ1v) is 8.17. The highest BCUT2D eigenvalue weighted by molar-refractivity contribution is 5.77. The molecule has 0 spiro atoms. The van der Waals surface area contributed by atoms with E-state index < -0.39 is 11.6 Å². The minimum Gasteiger partial charge on any atom is -0.468 e. The molecule has 0 aliphatic carbocycles. The molecule has 6 nitrogen and oxygen atoms in total. The largest absolute Gasteiger partial charge is 0.468 e. The monoisotopic (exact) mass is 334 g/mol. The Morgan fingerprint density at radius 3 is 2.50 bits per heavy atom. The van der Waals surface area contributed by atoms with E-state index in [1.165, 1.54) is 7.11 Å². The van der Waals surface area contributed by atoms with E-state index >= 15 is 0 Å². The molecule has 0 radical (unpaired) electrons. The maximum Gasteiger partial charge on any atom is 0.410 e. The van der Waals surface area contributed by atoms with Gasteiger partial charge in [0.15, 0.2) is 0 Å². The molecule has 1 aromatic carbocycles. The second-order valence-electron chi connectivity index (χ2n) is 6.95. The van der Waals surface area contributed by atoms with Gasteiger partial charge in [0.1, 0.15) is 11.6 Å². The van der Waals surface area contributed by atoms with E-state index in [-0.39, 0.29) is 18.1 Å². The fourth-order valence-electron chi connectivity index (χ4n) is 2.69. The van der Waals surface area contributed by atoms with Gasteiger partial charge in [-0.05, 0) is 32.8 Å². The Kier molecular flexibility index (Phi) is 5.83. The van der Waals surface area contributed by atoms with Gasteiger partial charge in [0.05, 0.1) is 7.11 Å². The zero-order valence-corrected chi connectivity index (χ0v) is 14.7. The lowest BCUT2D eigenvalue weighted by atomic mass is 10.1. The van der Waals surface area contributed by atoms with Gasteiger partial charge >= 0.3 is 12.1 Å². The Hall–Kier alpha value is -2.08. The predicted molar refractivity (Wildman–Crippen MR) is 90.5 cm³/mol. The first-order valence-electron chi connectivity index (χ1n) is 8.17. The summed E-state index contributed by atoms with van der Waals surface area (Å²) in [5.41, 5.74) is 0.335. The van der Waals surface area contributed by atoms with Gasteiger partial charge in [-0.1, -0.05) is 30.3 Å². The van der Waals surface area contributed by atoms with E-state index in [9.17, 15) is 9.59 Å². The number of hydrogen-bond acceptors (Lipinski definition) is 5. The molecule has 0 bridgehead atoms. The lowest BCUT2D eigenvalue weighted by Crippen LogP contribution is -2.41. The molecule has 1 fully saturated rings. The molecule has 1 N–H and O–H groups in total. The van der Waals surface area contributed by atoms with Gasteiger partial charge in [-0.2, -0.15) is 0 Å². The molecule has 0 aromatic heterocycles. The van der Waals surface area contributed by atoms with Crippen LogP contribution in [-0.2, 0) is 14.3 Å². The molecule has 2 rings (SSSR count).